The van der Waals surface area contributed by atoms with Crippen LogP contribution < -0.4 is 0 Å². The minimum absolute atomic E-state index is 0.0202. The van der Waals surface area contributed by atoms with Crippen LogP contribution in [0.2, 0.25) is 0 Å². The van der Waals surface area contributed by atoms with Gasteiger partial charge in [-0.1, -0.05) is 0 Å². The molecule has 1 heterocycles. The average molecular weight is 275 g/mol. The van der Waals surface area contributed by atoms with Crippen LogP contribution in [0.1, 0.15) is 27.2 Å². The first-order valence-corrected chi connectivity index (χ1v) is 6.56. The van der Waals surface area contributed by atoms with Gasteiger partial charge in [-0.3, -0.25) is 0 Å². The molecule has 19 heavy (non-hydrogen) atoms. The van der Waals surface area contributed by atoms with Gasteiger partial charge in [0.1, 0.15) is 12.4 Å². The number of hydrogen-bond acceptors (Lipinski definition) is 5. The summed E-state index contributed by atoms with van der Waals surface area (Å²) in [6.45, 7) is 6.70. The van der Waals surface area contributed by atoms with Crippen molar-refractivity contribution in [1.29, 1.82) is 0 Å². The van der Waals surface area contributed by atoms with Crippen LogP contribution in [0.4, 0.5) is 4.79 Å². The summed E-state index contributed by atoms with van der Waals surface area (Å²) < 4.78 is 15.7. The molecule has 0 aliphatic carbocycles. The van der Waals surface area contributed by atoms with Crippen molar-refractivity contribution in [2.24, 2.45) is 5.92 Å². The van der Waals surface area contributed by atoms with Gasteiger partial charge in [0, 0.05) is 26.1 Å². The number of methoxy groups -OCH3 is 1. The molecule has 6 nitrogen and oxygen atoms in total. The van der Waals surface area contributed by atoms with Crippen LogP contribution in [0.15, 0.2) is 0 Å². The fourth-order valence-electron chi connectivity index (χ4n) is 2.05. The number of likely N-dealkylation sites (tertiary alicyclic amines) is 1. The van der Waals surface area contributed by atoms with E-state index in [1.54, 1.807) is 12.0 Å². The van der Waals surface area contributed by atoms with Crippen LogP contribution in [0, 0.1) is 5.92 Å². The monoisotopic (exact) mass is 275 g/mol. The Morgan fingerprint density at radius 1 is 1.42 bits per heavy atom. The Bertz CT molecular complexity index is 289. The molecule has 1 aliphatic heterocycles. The number of rotatable bonds is 4. The van der Waals surface area contributed by atoms with Crippen molar-refractivity contribution >= 4 is 6.09 Å². The first-order chi connectivity index (χ1) is 8.87. The lowest BCUT2D eigenvalue weighted by molar-refractivity contribution is -0.117. The second kappa shape index (κ2) is 7.07. The van der Waals surface area contributed by atoms with Crippen LogP contribution in [0.3, 0.4) is 0 Å². The summed E-state index contributed by atoms with van der Waals surface area (Å²) in [4.78, 5) is 13.6. The van der Waals surface area contributed by atoms with Gasteiger partial charge in [0.15, 0.2) is 0 Å². The molecule has 0 aromatic heterocycles. The highest BCUT2D eigenvalue weighted by Gasteiger charge is 2.33. The number of aliphatic hydroxyl groups is 1. The van der Waals surface area contributed by atoms with Gasteiger partial charge in [-0.25, -0.2) is 4.79 Å². The number of piperidine rings is 1. The van der Waals surface area contributed by atoms with Crippen molar-refractivity contribution in [2.75, 3.05) is 33.6 Å². The van der Waals surface area contributed by atoms with E-state index in [1.165, 1.54) is 0 Å². The lowest BCUT2D eigenvalue weighted by atomic mass is 9.95. The Kier molecular flexibility index (Phi) is 6.03. The molecule has 0 saturated carbocycles. The zero-order valence-corrected chi connectivity index (χ0v) is 12.2. The average Bonchev–Trinajstić information content (AvgIpc) is 2.34. The van der Waals surface area contributed by atoms with Gasteiger partial charge >= 0.3 is 6.09 Å². The smallest absolute Gasteiger partial charge is 0.410 e. The van der Waals surface area contributed by atoms with Gasteiger partial charge in [-0.2, -0.15) is 0 Å². The van der Waals surface area contributed by atoms with Crippen LogP contribution in [0.25, 0.3) is 0 Å². The van der Waals surface area contributed by atoms with Crippen molar-refractivity contribution in [3.05, 3.63) is 0 Å². The fourth-order valence-corrected chi connectivity index (χ4v) is 2.05. The van der Waals surface area contributed by atoms with Gasteiger partial charge in [0.25, 0.3) is 0 Å². The lowest BCUT2D eigenvalue weighted by Crippen LogP contribution is -2.49. The standard InChI is InChI=1S/C13H25NO5/c1-13(2,3)19-12(16)14-6-5-11(18-9-17-4)10(7-14)8-15/h10-11,15H,5-9H2,1-4H3/t10-,11-/m0/s1. The largest absolute Gasteiger partial charge is 0.444 e. The number of nitrogens with zero attached hydrogens (tertiary/aromatic N) is 1. The van der Waals surface area contributed by atoms with Crippen LogP contribution in [0.5, 0.6) is 0 Å². The zero-order valence-electron chi connectivity index (χ0n) is 12.2. The van der Waals surface area contributed by atoms with E-state index in [0.717, 1.165) is 0 Å². The summed E-state index contributed by atoms with van der Waals surface area (Å²) >= 11 is 0. The highest BCUT2D eigenvalue weighted by molar-refractivity contribution is 5.68. The summed E-state index contributed by atoms with van der Waals surface area (Å²) in [6, 6.07) is 0. The first kappa shape index (κ1) is 16.2. The molecule has 1 saturated heterocycles. The van der Waals surface area contributed by atoms with Crippen molar-refractivity contribution in [3.8, 4) is 0 Å². The molecule has 6 heteroatoms. The van der Waals surface area contributed by atoms with Crippen LogP contribution >= 0.6 is 0 Å². The predicted octanol–water partition coefficient (Wildman–Crippen LogP) is 1.22. The maximum absolute atomic E-state index is 12.0. The van der Waals surface area contributed by atoms with E-state index in [-0.39, 0.29) is 31.5 Å². The summed E-state index contributed by atoms with van der Waals surface area (Å²) in [5.41, 5.74) is -0.505. The summed E-state index contributed by atoms with van der Waals surface area (Å²) in [6.07, 6.45) is 0.258. The quantitative estimate of drug-likeness (QED) is 0.781. The number of aliphatic hydroxyl groups excluding tert-OH is 1. The van der Waals surface area contributed by atoms with E-state index < -0.39 is 5.60 Å². The molecule has 0 aromatic carbocycles. The number of carbonyl (C=O) groups is 1. The highest BCUT2D eigenvalue weighted by atomic mass is 16.7. The van der Waals surface area contributed by atoms with Gasteiger partial charge in [0.2, 0.25) is 0 Å². The predicted molar refractivity (Wildman–Crippen MR) is 69.7 cm³/mol. The second-order valence-electron chi connectivity index (χ2n) is 5.77. The number of carbonyl (C=O) groups excluding carboxylic acids is 1. The van der Waals surface area contributed by atoms with Crippen molar-refractivity contribution in [1.82, 2.24) is 4.90 Å². The third kappa shape index (κ3) is 5.34. The SMILES string of the molecule is COCO[C@H]1CCN(C(=O)OC(C)(C)C)C[C@H]1CO. The van der Waals surface area contributed by atoms with Crippen molar-refractivity contribution in [3.63, 3.8) is 0 Å². The van der Waals surface area contributed by atoms with Gasteiger partial charge in [0.05, 0.1) is 12.7 Å². The molecular formula is C13H25NO5. The van der Waals surface area contributed by atoms with E-state index in [9.17, 15) is 9.90 Å². The normalized spacial score (nSPS) is 24.4. The van der Waals surface area contributed by atoms with Gasteiger partial charge in [-0.15, -0.1) is 0 Å². The lowest BCUT2D eigenvalue weighted by Gasteiger charge is -2.37. The third-order valence-corrected chi connectivity index (χ3v) is 2.95. The van der Waals surface area contributed by atoms with E-state index in [2.05, 4.69) is 0 Å². The molecule has 0 aromatic rings. The van der Waals surface area contributed by atoms with E-state index in [1.807, 2.05) is 20.8 Å². The summed E-state index contributed by atoms with van der Waals surface area (Å²) in [5.74, 6) is -0.101. The zero-order chi connectivity index (χ0) is 14.5. The van der Waals surface area contributed by atoms with Crippen LogP contribution in [-0.4, -0.2) is 61.4 Å². The Morgan fingerprint density at radius 2 is 2.11 bits per heavy atom. The van der Waals surface area contributed by atoms with E-state index >= 15 is 0 Å². The van der Waals surface area contributed by atoms with Gasteiger partial charge < -0.3 is 24.2 Å². The molecule has 2 atom stereocenters. The maximum Gasteiger partial charge on any atom is 0.410 e. The number of hydrogen-bond donors (Lipinski definition) is 1. The minimum Gasteiger partial charge on any atom is -0.444 e. The molecule has 1 amide bonds. The maximum atomic E-state index is 12.0. The second-order valence-corrected chi connectivity index (χ2v) is 5.77. The molecule has 1 fully saturated rings. The first-order valence-electron chi connectivity index (χ1n) is 6.56. The minimum atomic E-state index is -0.505. The van der Waals surface area contributed by atoms with Crippen LogP contribution in [-0.2, 0) is 14.2 Å². The third-order valence-electron chi connectivity index (χ3n) is 2.95. The Hall–Kier alpha value is -0.850. The molecule has 0 bridgehead atoms. The Morgan fingerprint density at radius 3 is 2.63 bits per heavy atom. The molecule has 1 rings (SSSR count). The molecule has 0 radical (unpaired) electrons. The Labute approximate surface area is 114 Å². The topological polar surface area (TPSA) is 68.2 Å². The number of ether oxygens (including phenoxy) is 3. The fraction of sp³-hybridized carbons (Fsp3) is 0.923. The molecule has 1 N–H and O–H groups in total. The van der Waals surface area contributed by atoms with E-state index in [4.69, 9.17) is 14.2 Å². The molecule has 112 valence electrons. The van der Waals surface area contributed by atoms with E-state index in [0.29, 0.717) is 19.5 Å². The van der Waals surface area contributed by atoms with Gasteiger partial charge in [-0.05, 0) is 27.2 Å². The molecule has 0 spiro atoms. The summed E-state index contributed by atoms with van der Waals surface area (Å²) in [7, 11) is 1.56. The molecular weight excluding hydrogens is 250 g/mol. The summed E-state index contributed by atoms with van der Waals surface area (Å²) in [5, 5.41) is 9.39. The van der Waals surface area contributed by atoms with Crippen molar-refractivity contribution < 1.29 is 24.1 Å². The highest BCUT2D eigenvalue weighted by Crippen LogP contribution is 2.22. The Balaban J connectivity index is 2.51. The number of amides is 1. The molecule has 0 unspecified atom stereocenters. The van der Waals surface area contributed by atoms with Crippen molar-refractivity contribution in [2.45, 2.75) is 38.9 Å². The molecule has 1 aliphatic rings.